The molecular weight excluding hydrogens is 211 g/mol. The van der Waals surface area contributed by atoms with Gasteiger partial charge >= 0.3 is 63.3 Å². The van der Waals surface area contributed by atoms with Gasteiger partial charge < -0.3 is 10.2 Å². The Bertz CT molecular complexity index is 352. The summed E-state index contributed by atoms with van der Waals surface area (Å²) >= 11 is 0. The zero-order valence-electron chi connectivity index (χ0n) is 7.42. The van der Waals surface area contributed by atoms with Crippen LogP contribution in [0.25, 0.3) is 0 Å². The molecule has 0 amide bonds. The van der Waals surface area contributed by atoms with Crippen molar-refractivity contribution in [1.82, 2.24) is 0 Å². The Labute approximate surface area is 124 Å². The van der Waals surface area contributed by atoms with E-state index in [4.69, 9.17) is 10.2 Å². The molecule has 0 radical (unpaired) electrons. The van der Waals surface area contributed by atoms with Crippen LogP contribution in [0.2, 0.25) is 0 Å². The molecule has 0 aromatic rings. The van der Waals surface area contributed by atoms with Gasteiger partial charge in [0.2, 0.25) is 0 Å². The number of carbonyl (C=O) groups is 2. The van der Waals surface area contributed by atoms with Gasteiger partial charge in [0, 0.05) is 6.42 Å². The van der Waals surface area contributed by atoms with Crippen LogP contribution in [0.15, 0.2) is 22.3 Å². The second-order valence-electron chi connectivity index (χ2n) is 3.05. The van der Waals surface area contributed by atoms with Crippen molar-refractivity contribution in [1.29, 1.82) is 0 Å². The van der Waals surface area contributed by atoms with Crippen LogP contribution in [-0.4, -0.2) is 73.5 Å². The van der Waals surface area contributed by atoms with Gasteiger partial charge in [-0.2, -0.15) is 0 Å². The minimum absolute atomic E-state index is 0. The van der Waals surface area contributed by atoms with E-state index < -0.39 is 11.9 Å². The van der Waals surface area contributed by atoms with Gasteiger partial charge in [-0.3, -0.25) is 0 Å². The van der Waals surface area contributed by atoms with Crippen molar-refractivity contribution in [2.45, 2.75) is 20.3 Å². The Morgan fingerprint density at radius 3 is 1.93 bits per heavy atom. The first-order valence-electron chi connectivity index (χ1n) is 3.81. The van der Waals surface area contributed by atoms with Crippen LogP contribution in [0.1, 0.15) is 20.3 Å². The molecule has 1 aliphatic carbocycles. The van der Waals surface area contributed by atoms with Gasteiger partial charge in [0.1, 0.15) is 0 Å². The van der Waals surface area contributed by atoms with Crippen LogP contribution in [0.3, 0.4) is 0 Å². The first-order valence-corrected chi connectivity index (χ1v) is 3.81. The minimum atomic E-state index is -1.16. The normalized spacial score (nSPS) is 15.6. The summed E-state index contributed by atoms with van der Waals surface area (Å²) in [4.78, 5) is 21.4. The van der Waals surface area contributed by atoms with Gasteiger partial charge in [-0.1, -0.05) is 5.57 Å². The van der Waals surface area contributed by atoms with Gasteiger partial charge in [0.05, 0.1) is 11.1 Å². The molecule has 72 valence electrons. The summed E-state index contributed by atoms with van der Waals surface area (Å²) in [6.45, 7) is 3.38. The number of hydrogen-bond donors (Lipinski definition) is 2. The summed E-state index contributed by atoms with van der Waals surface area (Å²) in [5.41, 5.74) is 1.33. The summed E-state index contributed by atoms with van der Waals surface area (Å²) < 4.78 is 0. The van der Waals surface area contributed by atoms with E-state index in [1.54, 1.807) is 13.8 Å². The van der Waals surface area contributed by atoms with Crippen molar-refractivity contribution < 1.29 is 19.8 Å². The number of allylic oxidation sites excluding steroid dienone is 1. The van der Waals surface area contributed by atoms with E-state index in [2.05, 4.69) is 0 Å². The molecule has 0 fully saturated rings. The van der Waals surface area contributed by atoms with Gasteiger partial charge in [0.15, 0.2) is 0 Å². The number of aliphatic carboxylic acids is 2. The molecule has 14 heavy (non-hydrogen) atoms. The summed E-state index contributed by atoms with van der Waals surface area (Å²) in [5.74, 6) is -2.31. The fourth-order valence-corrected chi connectivity index (χ4v) is 1.40. The second-order valence-corrected chi connectivity index (χ2v) is 3.05. The molecule has 0 saturated heterocycles. The van der Waals surface area contributed by atoms with Crippen molar-refractivity contribution >= 4 is 63.3 Å². The first kappa shape index (κ1) is 14.1. The summed E-state index contributed by atoms with van der Waals surface area (Å²) in [7, 11) is 0. The molecule has 4 nitrogen and oxygen atoms in total. The maximum atomic E-state index is 10.7. The Morgan fingerprint density at radius 2 is 1.64 bits per heavy atom. The van der Waals surface area contributed by atoms with Crippen molar-refractivity contribution in [2.24, 2.45) is 0 Å². The van der Waals surface area contributed by atoms with Crippen molar-refractivity contribution in [3.8, 4) is 0 Å². The topological polar surface area (TPSA) is 74.6 Å². The molecular formula is C9H11KO4. The zero-order valence-corrected chi connectivity index (χ0v) is 7.42. The Morgan fingerprint density at radius 1 is 1.14 bits per heavy atom. The molecule has 1 aliphatic rings. The van der Waals surface area contributed by atoms with E-state index in [0.29, 0.717) is 5.57 Å². The average Bonchev–Trinajstić information content (AvgIpc) is 2.28. The zero-order chi connectivity index (χ0) is 10.2. The summed E-state index contributed by atoms with van der Waals surface area (Å²) in [6, 6.07) is 0. The Hall–Kier alpha value is 0.0564. The van der Waals surface area contributed by atoms with Crippen molar-refractivity contribution in [2.75, 3.05) is 0 Å². The van der Waals surface area contributed by atoms with Crippen molar-refractivity contribution in [3.05, 3.63) is 22.3 Å². The third-order valence-corrected chi connectivity index (χ3v) is 2.23. The maximum absolute atomic E-state index is 10.7. The van der Waals surface area contributed by atoms with Crippen LogP contribution in [-0.2, 0) is 9.59 Å². The number of hydrogen-bond acceptors (Lipinski definition) is 2. The van der Waals surface area contributed by atoms with E-state index in [9.17, 15) is 9.59 Å². The average molecular weight is 222 g/mol. The molecule has 0 aromatic carbocycles. The quantitative estimate of drug-likeness (QED) is 0.669. The molecule has 2 N–H and O–H groups in total. The first-order chi connectivity index (χ1) is 5.95. The molecule has 0 saturated carbocycles. The molecule has 0 bridgehead atoms. The predicted molar refractivity (Wildman–Crippen MR) is 52.4 cm³/mol. The number of carboxylic acid groups (broad SMARTS) is 2. The van der Waals surface area contributed by atoms with Crippen LogP contribution in [0.5, 0.6) is 0 Å². The molecule has 0 aliphatic heterocycles. The van der Waals surface area contributed by atoms with Gasteiger partial charge in [-0.05, 0) is 19.4 Å². The van der Waals surface area contributed by atoms with E-state index in [0.717, 1.165) is 5.57 Å². The standard InChI is InChI=1S/C9H10O4.K.H/c1-4-3-6(8(10)11)7(5(4)2)9(12)13;;/h3H2,1-2H3,(H,10,11)(H,12,13);;. The van der Waals surface area contributed by atoms with Crippen LogP contribution in [0, 0.1) is 0 Å². The van der Waals surface area contributed by atoms with Gasteiger partial charge in [-0.15, -0.1) is 0 Å². The van der Waals surface area contributed by atoms with Crippen LogP contribution < -0.4 is 0 Å². The third kappa shape index (κ3) is 2.55. The van der Waals surface area contributed by atoms with E-state index in [1.807, 2.05) is 0 Å². The predicted octanol–water partition coefficient (Wildman–Crippen LogP) is 0.544. The fourth-order valence-electron chi connectivity index (χ4n) is 1.40. The van der Waals surface area contributed by atoms with Crippen LogP contribution in [0.4, 0.5) is 0 Å². The Balaban J connectivity index is 0.00000169. The Kier molecular flexibility index (Phi) is 5.25. The summed E-state index contributed by atoms with van der Waals surface area (Å²) in [5, 5.41) is 17.5. The van der Waals surface area contributed by atoms with Crippen LogP contribution >= 0.6 is 0 Å². The molecule has 0 spiro atoms. The fraction of sp³-hybridized carbons (Fsp3) is 0.333. The van der Waals surface area contributed by atoms with E-state index >= 15 is 0 Å². The third-order valence-electron chi connectivity index (χ3n) is 2.23. The SMILES string of the molecule is CC1=C(C)C(C(=O)O)=C(C(=O)O)C1.[KH]. The summed E-state index contributed by atoms with van der Waals surface area (Å²) in [6.07, 6.45) is 0.239. The molecule has 0 atom stereocenters. The monoisotopic (exact) mass is 222 g/mol. The molecule has 1 rings (SSSR count). The number of rotatable bonds is 2. The number of carboxylic acids is 2. The van der Waals surface area contributed by atoms with E-state index in [-0.39, 0.29) is 69.0 Å². The van der Waals surface area contributed by atoms with Gasteiger partial charge in [0.25, 0.3) is 0 Å². The van der Waals surface area contributed by atoms with Gasteiger partial charge in [-0.25, -0.2) is 9.59 Å². The van der Waals surface area contributed by atoms with E-state index in [1.165, 1.54) is 0 Å². The second kappa shape index (κ2) is 5.23. The molecule has 0 unspecified atom stereocenters. The molecule has 0 aromatic heterocycles. The van der Waals surface area contributed by atoms with Crippen molar-refractivity contribution in [3.63, 3.8) is 0 Å². The molecule has 0 heterocycles. The molecule has 5 heteroatoms.